The molecule has 2 unspecified atom stereocenters. The summed E-state index contributed by atoms with van der Waals surface area (Å²) in [7, 11) is 0. The van der Waals surface area contributed by atoms with Gasteiger partial charge in [-0.1, -0.05) is 19.1 Å². The molecule has 4 nitrogen and oxygen atoms in total. The van der Waals surface area contributed by atoms with Crippen LogP contribution in [0.3, 0.4) is 0 Å². The van der Waals surface area contributed by atoms with Crippen molar-refractivity contribution in [3.63, 3.8) is 0 Å². The third-order valence-electron chi connectivity index (χ3n) is 2.39. The lowest BCUT2D eigenvalue weighted by atomic mass is 10.1. The molecular weight excluding hydrogens is 140 g/mol. The second-order valence-electron chi connectivity index (χ2n) is 3.52. The fourth-order valence-corrected chi connectivity index (χ4v) is 1.57. The van der Waals surface area contributed by atoms with Gasteiger partial charge >= 0.3 is 0 Å². The highest BCUT2D eigenvalue weighted by molar-refractivity contribution is 5.07. The number of tetrazole rings is 1. The minimum atomic E-state index is 0.578. The first-order chi connectivity index (χ1) is 5.29. The number of aromatic nitrogens is 4. The molecule has 1 saturated carbocycles. The summed E-state index contributed by atoms with van der Waals surface area (Å²) in [6, 6.07) is 0. The van der Waals surface area contributed by atoms with Gasteiger partial charge in [-0.05, 0) is 18.3 Å². The SMILES string of the molecule is CC(C)C1CC1c1nn[nH]n1. The normalized spacial score (nSPS) is 29.4. The summed E-state index contributed by atoms with van der Waals surface area (Å²) in [5, 5.41) is 13.9. The molecule has 1 aromatic heterocycles. The van der Waals surface area contributed by atoms with E-state index in [9.17, 15) is 0 Å². The van der Waals surface area contributed by atoms with Crippen LogP contribution in [0.5, 0.6) is 0 Å². The first-order valence-corrected chi connectivity index (χ1v) is 4.02. The summed E-state index contributed by atoms with van der Waals surface area (Å²) >= 11 is 0. The predicted molar refractivity (Wildman–Crippen MR) is 39.9 cm³/mol. The molecule has 0 radical (unpaired) electrons. The molecule has 1 aliphatic rings. The van der Waals surface area contributed by atoms with Gasteiger partial charge in [-0.3, -0.25) is 0 Å². The average Bonchev–Trinajstić information content (AvgIpc) is 2.60. The number of rotatable bonds is 2. The molecule has 1 aliphatic carbocycles. The third-order valence-corrected chi connectivity index (χ3v) is 2.39. The molecule has 1 fully saturated rings. The molecule has 1 heterocycles. The average molecular weight is 152 g/mol. The summed E-state index contributed by atoms with van der Waals surface area (Å²) in [5.74, 6) is 3.00. The van der Waals surface area contributed by atoms with E-state index >= 15 is 0 Å². The van der Waals surface area contributed by atoms with E-state index in [1.165, 1.54) is 6.42 Å². The van der Waals surface area contributed by atoms with Gasteiger partial charge < -0.3 is 0 Å². The summed E-state index contributed by atoms with van der Waals surface area (Å²) in [6.07, 6.45) is 1.23. The fourth-order valence-electron chi connectivity index (χ4n) is 1.57. The maximum atomic E-state index is 3.96. The second-order valence-corrected chi connectivity index (χ2v) is 3.52. The zero-order valence-electron chi connectivity index (χ0n) is 6.78. The maximum Gasteiger partial charge on any atom is 0.177 e. The molecule has 0 aliphatic heterocycles. The van der Waals surface area contributed by atoms with Crippen molar-refractivity contribution < 1.29 is 0 Å². The van der Waals surface area contributed by atoms with Gasteiger partial charge in [-0.15, -0.1) is 10.2 Å². The van der Waals surface area contributed by atoms with E-state index < -0.39 is 0 Å². The summed E-state index contributed by atoms with van der Waals surface area (Å²) in [4.78, 5) is 0. The van der Waals surface area contributed by atoms with Crippen LogP contribution in [0.25, 0.3) is 0 Å². The Morgan fingerprint density at radius 1 is 1.55 bits per heavy atom. The number of H-pyrrole nitrogens is 1. The topological polar surface area (TPSA) is 54.5 Å². The van der Waals surface area contributed by atoms with Crippen LogP contribution in [-0.2, 0) is 0 Å². The molecule has 1 N–H and O–H groups in total. The van der Waals surface area contributed by atoms with Crippen LogP contribution < -0.4 is 0 Å². The maximum absolute atomic E-state index is 3.96. The van der Waals surface area contributed by atoms with Crippen molar-refractivity contribution in [3.8, 4) is 0 Å². The highest BCUT2D eigenvalue weighted by atomic mass is 15.5. The van der Waals surface area contributed by atoms with Gasteiger partial charge in [0.15, 0.2) is 5.82 Å². The Balaban J connectivity index is 2.02. The van der Waals surface area contributed by atoms with E-state index in [4.69, 9.17) is 0 Å². The fraction of sp³-hybridized carbons (Fsp3) is 0.857. The summed E-state index contributed by atoms with van der Waals surface area (Å²) in [6.45, 7) is 4.48. The number of nitrogens with one attached hydrogen (secondary N) is 1. The van der Waals surface area contributed by atoms with Crippen molar-refractivity contribution in [1.29, 1.82) is 0 Å². The third kappa shape index (κ3) is 1.13. The minimum absolute atomic E-state index is 0.578. The molecular formula is C7H12N4. The Labute approximate surface area is 65.4 Å². The molecule has 0 spiro atoms. The highest BCUT2D eigenvalue weighted by Crippen LogP contribution is 2.50. The Bertz CT molecular complexity index is 229. The summed E-state index contributed by atoms with van der Waals surface area (Å²) in [5.41, 5.74) is 0. The lowest BCUT2D eigenvalue weighted by Crippen LogP contribution is -1.93. The van der Waals surface area contributed by atoms with E-state index in [1.807, 2.05) is 0 Å². The van der Waals surface area contributed by atoms with Gasteiger partial charge in [0.2, 0.25) is 0 Å². The zero-order valence-corrected chi connectivity index (χ0v) is 6.78. The monoisotopic (exact) mass is 152 g/mol. The van der Waals surface area contributed by atoms with Crippen LogP contribution in [0, 0.1) is 11.8 Å². The van der Waals surface area contributed by atoms with Gasteiger partial charge in [0.1, 0.15) is 0 Å². The van der Waals surface area contributed by atoms with Crippen LogP contribution in [0.15, 0.2) is 0 Å². The Hall–Kier alpha value is -0.930. The van der Waals surface area contributed by atoms with Gasteiger partial charge in [0, 0.05) is 5.92 Å². The standard InChI is InChI=1S/C7H12N4/c1-4(2)5-3-6(5)7-8-10-11-9-7/h4-6H,3H2,1-2H3,(H,8,9,10,11). The number of nitrogens with zero attached hydrogens (tertiary/aromatic N) is 3. The molecule has 60 valence electrons. The molecule has 2 rings (SSSR count). The largest absolute Gasteiger partial charge is 0.177 e. The Morgan fingerprint density at radius 3 is 2.82 bits per heavy atom. The minimum Gasteiger partial charge on any atom is -0.177 e. The van der Waals surface area contributed by atoms with Crippen molar-refractivity contribution in [2.75, 3.05) is 0 Å². The molecule has 0 saturated heterocycles. The number of aromatic amines is 1. The Kier molecular flexibility index (Phi) is 1.41. The van der Waals surface area contributed by atoms with Crippen LogP contribution in [0.4, 0.5) is 0 Å². The molecule has 4 heteroatoms. The van der Waals surface area contributed by atoms with E-state index in [-0.39, 0.29) is 0 Å². The molecule has 2 atom stereocenters. The smallest absolute Gasteiger partial charge is 0.177 e. The van der Waals surface area contributed by atoms with Gasteiger partial charge in [0.25, 0.3) is 0 Å². The Morgan fingerprint density at radius 2 is 2.36 bits per heavy atom. The van der Waals surface area contributed by atoms with Crippen molar-refractivity contribution in [1.82, 2.24) is 20.6 Å². The lowest BCUT2D eigenvalue weighted by Gasteiger charge is -1.98. The number of hydrogen-bond donors (Lipinski definition) is 1. The summed E-state index contributed by atoms with van der Waals surface area (Å²) < 4.78 is 0. The quantitative estimate of drug-likeness (QED) is 0.686. The number of hydrogen-bond acceptors (Lipinski definition) is 3. The van der Waals surface area contributed by atoms with Crippen molar-refractivity contribution in [2.45, 2.75) is 26.2 Å². The van der Waals surface area contributed by atoms with E-state index in [0.29, 0.717) is 5.92 Å². The second kappa shape index (κ2) is 2.29. The molecule has 0 amide bonds. The lowest BCUT2D eigenvalue weighted by molar-refractivity contribution is 0.543. The van der Waals surface area contributed by atoms with Crippen LogP contribution in [-0.4, -0.2) is 20.6 Å². The highest BCUT2D eigenvalue weighted by Gasteiger charge is 2.43. The van der Waals surface area contributed by atoms with E-state index in [2.05, 4.69) is 34.5 Å². The van der Waals surface area contributed by atoms with Gasteiger partial charge in [0.05, 0.1) is 0 Å². The van der Waals surface area contributed by atoms with Crippen LogP contribution in [0.2, 0.25) is 0 Å². The van der Waals surface area contributed by atoms with Crippen molar-refractivity contribution >= 4 is 0 Å². The molecule has 11 heavy (non-hydrogen) atoms. The van der Waals surface area contributed by atoms with Crippen LogP contribution >= 0.6 is 0 Å². The zero-order chi connectivity index (χ0) is 7.84. The van der Waals surface area contributed by atoms with Crippen molar-refractivity contribution in [3.05, 3.63) is 5.82 Å². The van der Waals surface area contributed by atoms with Gasteiger partial charge in [-0.2, -0.15) is 5.21 Å². The van der Waals surface area contributed by atoms with Crippen LogP contribution in [0.1, 0.15) is 32.0 Å². The molecule has 0 bridgehead atoms. The van der Waals surface area contributed by atoms with E-state index in [0.717, 1.165) is 17.7 Å². The first kappa shape index (κ1) is 6.76. The first-order valence-electron chi connectivity index (χ1n) is 4.02. The van der Waals surface area contributed by atoms with E-state index in [1.54, 1.807) is 0 Å². The predicted octanol–water partition coefficient (Wildman–Crippen LogP) is 0.959. The molecule has 1 aromatic rings. The van der Waals surface area contributed by atoms with Crippen molar-refractivity contribution in [2.24, 2.45) is 11.8 Å². The van der Waals surface area contributed by atoms with Gasteiger partial charge in [-0.25, -0.2) is 0 Å². The molecule has 0 aromatic carbocycles.